The number of hydrogen-bond donors (Lipinski definition) is 2. The van der Waals surface area contributed by atoms with Crippen LogP contribution in [0.1, 0.15) is 39.7 Å². The molecule has 0 unspecified atom stereocenters. The highest BCUT2D eigenvalue weighted by Crippen LogP contribution is 2.29. The number of nitrogens with zero attached hydrogens (tertiary/aromatic N) is 4. The number of tetrazole rings is 1. The van der Waals surface area contributed by atoms with Crippen molar-refractivity contribution >= 4 is 22.6 Å². The van der Waals surface area contributed by atoms with Crippen LogP contribution in [0.15, 0.2) is 36.4 Å². The lowest BCUT2D eigenvalue weighted by Gasteiger charge is -2.21. The minimum atomic E-state index is -0.301. The van der Waals surface area contributed by atoms with Crippen molar-refractivity contribution in [3.8, 4) is 5.75 Å². The summed E-state index contributed by atoms with van der Waals surface area (Å²) in [6.45, 7) is 9.06. The van der Waals surface area contributed by atoms with Crippen LogP contribution < -0.4 is 15.4 Å². The minimum Gasteiger partial charge on any atom is -0.483 e. The zero-order valence-electron chi connectivity index (χ0n) is 17.4. The molecule has 0 bridgehead atoms. The van der Waals surface area contributed by atoms with Crippen LogP contribution in [-0.2, 0) is 17.9 Å². The highest BCUT2D eigenvalue weighted by atomic mass is 16.5. The minimum absolute atomic E-state index is 0.0455. The fourth-order valence-electron chi connectivity index (χ4n) is 3.09. The second-order valence-corrected chi connectivity index (χ2v) is 7.93. The van der Waals surface area contributed by atoms with Crippen molar-refractivity contribution in [2.45, 2.75) is 52.7 Å². The van der Waals surface area contributed by atoms with Crippen molar-refractivity contribution < 1.29 is 9.53 Å². The molecule has 0 aliphatic rings. The Morgan fingerprint density at radius 1 is 1.17 bits per heavy atom. The van der Waals surface area contributed by atoms with Crippen LogP contribution in [0.4, 0.5) is 5.95 Å². The number of carbonyl (C=O) groups excluding carboxylic acids is 1. The molecule has 154 valence electrons. The molecule has 8 heteroatoms. The van der Waals surface area contributed by atoms with E-state index in [9.17, 15) is 4.79 Å². The number of amides is 1. The van der Waals surface area contributed by atoms with Crippen LogP contribution in [0.3, 0.4) is 0 Å². The van der Waals surface area contributed by atoms with E-state index in [1.165, 1.54) is 0 Å². The van der Waals surface area contributed by atoms with Gasteiger partial charge in [0.25, 0.3) is 5.91 Å². The smallest absolute Gasteiger partial charge is 0.258 e. The summed E-state index contributed by atoms with van der Waals surface area (Å²) in [5.41, 5.74) is 0.655. The summed E-state index contributed by atoms with van der Waals surface area (Å²) in [7, 11) is 0. The third-order valence-electron chi connectivity index (χ3n) is 4.26. The molecular weight excluding hydrogens is 368 g/mol. The SMILES string of the molecule is CCCn1nnnc1NCc1c(OCC(=O)NC(C)(C)C)ccc2ccccc12. The number of carbonyl (C=O) groups is 1. The van der Waals surface area contributed by atoms with Gasteiger partial charge in [-0.2, -0.15) is 0 Å². The van der Waals surface area contributed by atoms with E-state index in [1.54, 1.807) is 4.68 Å². The first-order valence-electron chi connectivity index (χ1n) is 9.82. The van der Waals surface area contributed by atoms with Gasteiger partial charge in [-0.1, -0.05) is 42.4 Å². The molecule has 0 fully saturated rings. The highest BCUT2D eigenvalue weighted by molar-refractivity contribution is 5.88. The van der Waals surface area contributed by atoms with E-state index < -0.39 is 0 Å². The zero-order chi connectivity index (χ0) is 20.9. The molecule has 2 N–H and O–H groups in total. The van der Waals surface area contributed by atoms with Crippen LogP contribution in [0, 0.1) is 0 Å². The second-order valence-electron chi connectivity index (χ2n) is 7.93. The van der Waals surface area contributed by atoms with Gasteiger partial charge in [0.15, 0.2) is 6.61 Å². The number of ether oxygens (including phenoxy) is 1. The maximum Gasteiger partial charge on any atom is 0.258 e. The van der Waals surface area contributed by atoms with Crippen molar-refractivity contribution in [2.75, 3.05) is 11.9 Å². The molecule has 0 aliphatic heterocycles. The molecule has 0 radical (unpaired) electrons. The number of nitrogens with one attached hydrogen (secondary N) is 2. The molecule has 0 atom stereocenters. The molecule has 0 saturated carbocycles. The first-order valence-corrected chi connectivity index (χ1v) is 9.82. The van der Waals surface area contributed by atoms with Crippen LogP contribution >= 0.6 is 0 Å². The van der Waals surface area contributed by atoms with E-state index in [4.69, 9.17) is 4.74 Å². The average Bonchev–Trinajstić information content (AvgIpc) is 3.11. The van der Waals surface area contributed by atoms with Gasteiger partial charge < -0.3 is 15.4 Å². The molecule has 1 aromatic heterocycles. The third kappa shape index (κ3) is 5.43. The highest BCUT2D eigenvalue weighted by Gasteiger charge is 2.16. The van der Waals surface area contributed by atoms with E-state index in [1.807, 2.05) is 51.1 Å². The second kappa shape index (κ2) is 8.89. The lowest BCUT2D eigenvalue weighted by atomic mass is 10.0. The average molecular weight is 396 g/mol. The Morgan fingerprint density at radius 3 is 2.72 bits per heavy atom. The number of aryl methyl sites for hydroxylation is 1. The molecule has 1 amide bonds. The maximum atomic E-state index is 12.2. The van der Waals surface area contributed by atoms with E-state index in [0.717, 1.165) is 29.3 Å². The van der Waals surface area contributed by atoms with Crippen molar-refractivity contribution in [3.05, 3.63) is 42.0 Å². The van der Waals surface area contributed by atoms with Crippen LogP contribution in [-0.4, -0.2) is 38.3 Å². The number of benzene rings is 2. The Bertz CT molecular complexity index is 977. The van der Waals surface area contributed by atoms with E-state index >= 15 is 0 Å². The lowest BCUT2D eigenvalue weighted by Crippen LogP contribution is -2.43. The molecule has 1 heterocycles. The summed E-state index contributed by atoms with van der Waals surface area (Å²) in [5, 5.41) is 20.2. The fourth-order valence-corrected chi connectivity index (χ4v) is 3.09. The molecule has 0 saturated heterocycles. The normalized spacial score (nSPS) is 11.4. The Kier molecular flexibility index (Phi) is 6.31. The van der Waals surface area contributed by atoms with Gasteiger partial charge in [-0.3, -0.25) is 4.79 Å². The maximum absolute atomic E-state index is 12.2. The Balaban J connectivity index is 1.82. The number of hydrogen-bond acceptors (Lipinski definition) is 6. The van der Waals surface area contributed by atoms with Gasteiger partial charge in [0.1, 0.15) is 5.75 Å². The van der Waals surface area contributed by atoms with Crippen molar-refractivity contribution in [3.63, 3.8) is 0 Å². The molecular formula is C21H28N6O2. The molecule has 0 spiro atoms. The van der Waals surface area contributed by atoms with Crippen LogP contribution in [0.25, 0.3) is 10.8 Å². The van der Waals surface area contributed by atoms with Gasteiger partial charge in [0.05, 0.1) is 0 Å². The van der Waals surface area contributed by atoms with E-state index in [2.05, 4.69) is 39.1 Å². The first kappa shape index (κ1) is 20.6. The monoisotopic (exact) mass is 396 g/mol. The van der Waals surface area contributed by atoms with Crippen molar-refractivity contribution in [1.82, 2.24) is 25.5 Å². The van der Waals surface area contributed by atoms with Gasteiger partial charge in [-0.15, -0.1) is 0 Å². The summed E-state index contributed by atoms with van der Waals surface area (Å²) in [6.07, 6.45) is 0.936. The quantitative estimate of drug-likeness (QED) is 0.607. The number of aromatic nitrogens is 4. The summed E-state index contributed by atoms with van der Waals surface area (Å²) in [6, 6.07) is 12.0. The number of rotatable bonds is 8. The van der Waals surface area contributed by atoms with E-state index in [0.29, 0.717) is 18.2 Å². The van der Waals surface area contributed by atoms with E-state index in [-0.39, 0.29) is 18.1 Å². The zero-order valence-corrected chi connectivity index (χ0v) is 17.4. The van der Waals surface area contributed by atoms with Crippen LogP contribution in [0.5, 0.6) is 5.75 Å². The molecule has 0 aliphatic carbocycles. The van der Waals surface area contributed by atoms with Gasteiger partial charge in [-0.25, -0.2) is 4.68 Å². The molecule has 2 aromatic carbocycles. The predicted octanol–water partition coefficient (Wildman–Crippen LogP) is 3.14. The van der Waals surface area contributed by atoms with Gasteiger partial charge in [-0.05, 0) is 54.5 Å². The topological polar surface area (TPSA) is 94.0 Å². The first-order chi connectivity index (χ1) is 13.9. The largest absolute Gasteiger partial charge is 0.483 e. The third-order valence-corrected chi connectivity index (χ3v) is 4.26. The Labute approximate surface area is 170 Å². The Hall–Kier alpha value is -3.16. The molecule has 3 rings (SSSR count). The van der Waals surface area contributed by atoms with Gasteiger partial charge in [0.2, 0.25) is 5.95 Å². The predicted molar refractivity (Wildman–Crippen MR) is 113 cm³/mol. The van der Waals surface area contributed by atoms with Gasteiger partial charge >= 0.3 is 0 Å². The summed E-state index contributed by atoms with van der Waals surface area (Å²) in [5.74, 6) is 1.11. The number of fused-ring (bicyclic) bond motifs is 1. The summed E-state index contributed by atoms with van der Waals surface area (Å²) < 4.78 is 7.63. The number of anilines is 1. The molecule has 29 heavy (non-hydrogen) atoms. The summed E-state index contributed by atoms with van der Waals surface area (Å²) in [4.78, 5) is 12.2. The van der Waals surface area contributed by atoms with Crippen molar-refractivity contribution in [1.29, 1.82) is 0 Å². The molecule has 8 nitrogen and oxygen atoms in total. The summed E-state index contributed by atoms with van der Waals surface area (Å²) >= 11 is 0. The molecule has 3 aromatic rings. The Morgan fingerprint density at radius 2 is 1.97 bits per heavy atom. The van der Waals surface area contributed by atoms with Gasteiger partial charge in [0, 0.05) is 24.2 Å². The van der Waals surface area contributed by atoms with Crippen LogP contribution in [0.2, 0.25) is 0 Å². The standard InChI is InChI=1S/C21H28N6O2/c1-5-12-27-20(24-25-26-27)22-13-17-16-9-7-6-8-15(16)10-11-18(17)29-14-19(28)23-21(2,3)4/h6-11H,5,12-14H2,1-4H3,(H,23,28)(H,22,24,26). The van der Waals surface area contributed by atoms with Crippen molar-refractivity contribution in [2.24, 2.45) is 0 Å². The fraction of sp³-hybridized carbons (Fsp3) is 0.429. The lowest BCUT2D eigenvalue weighted by molar-refractivity contribution is -0.124.